The minimum absolute atomic E-state index is 0.0379. The van der Waals surface area contributed by atoms with Crippen molar-refractivity contribution < 1.29 is 13.9 Å². The second-order valence-electron chi connectivity index (χ2n) is 8.28. The molecule has 0 spiro atoms. The predicted octanol–water partition coefficient (Wildman–Crippen LogP) is 5.73. The van der Waals surface area contributed by atoms with E-state index in [9.17, 15) is 9.18 Å². The zero-order valence-corrected chi connectivity index (χ0v) is 18.4. The van der Waals surface area contributed by atoms with Crippen LogP contribution >= 0.6 is 0 Å². The van der Waals surface area contributed by atoms with Crippen LogP contribution in [0.5, 0.6) is 5.75 Å². The zero-order chi connectivity index (χ0) is 23.5. The lowest BCUT2D eigenvalue weighted by molar-refractivity contribution is -0.131. The van der Waals surface area contributed by atoms with Crippen molar-refractivity contribution in [2.45, 2.75) is 25.0 Å². The van der Waals surface area contributed by atoms with Crippen molar-refractivity contribution in [2.75, 3.05) is 6.54 Å². The third-order valence-electron chi connectivity index (χ3n) is 6.16. The number of aromatic nitrogens is 1. The van der Waals surface area contributed by atoms with E-state index in [1.807, 2.05) is 35.2 Å². The standard InChI is InChI=1S/C28H22FN3O2/c29-22-12-10-21(11-13-22)27(32-17-3-7-25(32)33)28(34-23-14-8-19(18-30)9-15-23)24-6-1-4-20-5-2-16-31-26(20)24/h1-2,4-6,8-16,27-28H,3,7,17H2/t27-,28+/m1/s1. The predicted molar refractivity (Wildman–Crippen MR) is 126 cm³/mol. The number of nitriles is 1. The lowest BCUT2D eigenvalue weighted by Crippen LogP contribution is -2.36. The molecular formula is C28H22FN3O2. The van der Waals surface area contributed by atoms with Gasteiger partial charge in [0.2, 0.25) is 5.91 Å². The molecular weight excluding hydrogens is 429 g/mol. The Morgan fingerprint density at radius 1 is 1.00 bits per heavy atom. The maximum atomic E-state index is 13.8. The van der Waals surface area contributed by atoms with Gasteiger partial charge in [0, 0.05) is 30.1 Å². The molecule has 0 N–H and O–H groups in total. The van der Waals surface area contributed by atoms with Crippen LogP contribution in [0.4, 0.5) is 4.39 Å². The molecule has 1 fully saturated rings. The Morgan fingerprint density at radius 2 is 1.76 bits per heavy atom. The average Bonchev–Trinajstić information content (AvgIpc) is 3.30. The maximum Gasteiger partial charge on any atom is 0.223 e. The summed E-state index contributed by atoms with van der Waals surface area (Å²) in [6, 6.07) is 24.5. The van der Waals surface area contributed by atoms with E-state index in [1.54, 1.807) is 42.6 Å². The van der Waals surface area contributed by atoms with E-state index < -0.39 is 12.1 Å². The van der Waals surface area contributed by atoms with Gasteiger partial charge in [0.1, 0.15) is 11.6 Å². The van der Waals surface area contributed by atoms with Crippen LogP contribution in [0, 0.1) is 17.1 Å². The van der Waals surface area contributed by atoms with Crippen LogP contribution in [0.15, 0.2) is 85.1 Å². The van der Waals surface area contributed by atoms with Crippen LogP contribution in [-0.2, 0) is 4.79 Å². The summed E-state index contributed by atoms with van der Waals surface area (Å²) in [6.45, 7) is 0.590. The van der Waals surface area contributed by atoms with Gasteiger partial charge >= 0.3 is 0 Å². The molecule has 1 amide bonds. The number of hydrogen-bond donors (Lipinski definition) is 0. The SMILES string of the molecule is N#Cc1ccc(O[C@@H](c2cccc3cccnc23)[C@@H](c2ccc(F)cc2)N2CCCC2=O)cc1. The molecule has 2 heterocycles. The quantitative estimate of drug-likeness (QED) is 0.376. The number of rotatable bonds is 6. The molecule has 1 saturated heterocycles. The molecule has 6 heteroatoms. The van der Waals surface area contributed by atoms with E-state index in [1.165, 1.54) is 12.1 Å². The first kappa shape index (κ1) is 21.6. The molecule has 2 atom stereocenters. The second kappa shape index (κ2) is 9.32. The first-order valence-electron chi connectivity index (χ1n) is 11.2. The summed E-state index contributed by atoms with van der Waals surface area (Å²) >= 11 is 0. The molecule has 3 aromatic carbocycles. The summed E-state index contributed by atoms with van der Waals surface area (Å²) < 4.78 is 20.4. The molecule has 1 aliphatic heterocycles. The summed E-state index contributed by atoms with van der Waals surface area (Å²) in [5, 5.41) is 10.1. The van der Waals surface area contributed by atoms with Gasteiger partial charge in [-0.25, -0.2) is 4.39 Å². The number of amides is 1. The van der Waals surface area contributed by atoms with Crippen LogP contribution < -0.4 is 4.74 Å². The number of carbonyl (C=O) groups excluding carboxylic acids is 1. The third kappa shape index (κ3) is 4.20. The summed E-state index contributed by atoms with van der Waals surface area (Å²) in [4.78, 5) is 19.4. The monoisotopic (exact) mass is 451 g/mol. The number of nitrogens with zero attached hydrogens (tertiary/aromatic N) is 3. The Labute approximate surface area is 197 Å². The van der Waals surface area contributed by atoms with Crippen LogP contribution in [0.25, 0.3) is 10.9 Å². The third-order valence-corrected chi connectivity index (χ3v) is 6.16. The lowest BCUT2D eigenvalue weighted by atomic mass is 9.92. The number of halogens is 1. The van der Waals surface area contributed by atoms with Crippen molar-refractivity contribution in [2.24, 2.45) is 0 Å². The highest BCUT2D eigenvalue weighted by Gasteiger charge is 2.38. The number of pyridine rings is 1. The van der Waals surface area contributed by atoms with Gasteiger partial charge in [-0.2, -0.15) is 5.26 Å². The molecule has 5 nitrogen and oxygen atoms in total. The first-order valence-corrected chi connectivity index (χ1v) is 11.2. The van der Waals surface area contributed by atoms with Gasteiger partial charge in [-0.05, 0) is 54.4 Å². The van der Waals surface area contributed by atoms with Crippen molar-refractivity contribution >= 4 is 16.8 Å². The van der Waals surface area contributed by atoms with Gasteiger partial charge in [0.05, 0.1) is 23.2 Å². The van der Waals surface area contributed by atoms with E-state index in [4.69, 9.17) is 10.00 Å². The van der Waals surface area contributed by atoms with Crippen molar-refractivity contribution in [3.63, 3.8) is 0 Å². The number of hydrogen-bond acceptors (Lipinski definition) is 4. The minimum Gasteiger partial charge on any atom is -0.483 e. The summed E-state index contributed by atoms with van der Waals surface area (Å²) in [7, 11) is 0. The van der Waals surface area contributed by atoms with Crippen molar-refractivity contribution in [1.29, 1.82) is 5.26 Å². The molecule has 34 heavy (non-hydrogen) atoms. The van der Waals surface area contributed by atoms with Gasteiger partial charge < -0.3 is 9.64 Å². The van der Waals surface area contributed by atoms with Crippen LogP contribution in [0.1, 0.15) is 41.7 Å². The maximum absolute atomic E-state index is 13.8. The molecule has 0 unspecified atom stereocenters. The normalized spacial score (nSPS) is 15.2. The Hall–Kier alpha value is -4.24. The molecule has 1 aromatic heterocycles. The lowest BCUT2D eigenvalue weighted by Gasteiger charge is -2.35. The smallest absolute Gasteiger partial charge is 0.223 e. The fourth-order valence-electron chi connectivity index (χ4n) is 4.55. The minimum atomic E-state index is -0.612. The fourth-order valence-corrected chi connectivity index (χ4v) is 4.55. The van der Waals surface area contributed by atoms with Crippen molar-refractivity contribution in [1.82, 2.24) is 9.88 Å². The van der Waals surface area contributed by atoms with Crippen LogP contribution in [-0.4, -0.2) is 22.3 Å². The van der Waals surface area contributed by atoms with Gasteiger partial charge in [-0.15, -0.1) is 0 Å². The Bertz CT molecular complexity index is 1360. The first-order chi connectivity index (χ1) is 16.6. The number of fused-ring (bicyclic) bond motifs is 1. The zero-order valence-electron chi connectivity index (χ0n) is 18.4. The van der Waals surface area contributed by atoms with Gasteiger partial charge in [0.15, 0.2) is 6.10 Å². The summed E-state index contributed by atoms with van der Waals surface area (Å²) in [5.41, 5.74) is 2.92. The van der Waals surface area contributed by atoms with Crippen LogP contribution in [0.3, 0.4) is 0 Å². The Balaban J connectivity index is 1.69. The summed E-state index contributed by atoms with van der Waals surface area (Å²) in [6.07, 6.45) is 2.35. The molecule has 0 saturated carbocycles. The van der Waals surface area contributed by atoms with E-state index in [0.29, 0.717) is 24.3 Å². The van der Waals surface area contributed by atoms with E-state index >= 15 is 0 Å². The Morgan fingerprint density at radius 3 is 2.47 bits per heavy atom. The number of likely N-dealkylation sites (tertiary alicyclic amines) is 1. The highest BCUT2D eigenvalue weighted by molar-refractivity contribution is 5.83. The average molecular weight is 452 g/mol. The van der Waals surface area contributed by atoms with E-state index in [2.05, 4.69) is 11.1 Å². The van der Waals surface area contributed by atoms with Gasteiger partial charge in [-0.3, -0.25) is 9.78 Å². The molecule has 5 rings (SSSR count). The van der Waals surface area contributed by atoms with Crippen molar-refractivity contribution in [3.8, 4) is 11.8 Å². The molecule has 1 aliphatic rings. The molecule has 4 aromatic rings. The van der Waals surface area contributed by atoms with E-state index in [-0.39, 0.29) is 11.7 Å². The Kier molecular flexibility index (Phi) is 5.92. The van der Waals surface area contributed by atoms with Crippen molar-refractivity contribution in [3.05, 3.63) is 108 Å². The molecule has 168 valence electrons. The van der Waals surface area contributed by atoms with E-state index in [0.717, 1.165) is 28.5 Å². The number of benzene rings is 3. The summed E-state index contributed by atoms with van der Waals surface area (Å²) in [5.74, 6) is 0.262. The molecule has 0 radical (unpaired) electrons. The molecule has 0 aliphatic carbocycles. The second-order valence-corrected chi connectivity index (χ2v) is 8.28. The van der Waals surface area contributed by atoms with Gasteiger partial charge in [-0.1, -0.05) is 36.4 Å². The van der Waals surface area contributed by atoms with Crippen LogP contribution in [0.2, 0.25) is 0 Å². The largest absolute Gasteiger partial charge is 0.483 e. The fraction of sp³-hybridized carbons (Fsp3) is 0.179. The topological polar surface area (TPSA) is 66.2 Å². The number of ether oxygens (including phenoxy) is 1. The highest BCUT2D eigenvalue weighted by Crippen LogP contribution is 2.41. The highest BCUT2D eigenvalue weighted by atomic mass is 19.1. The molecule has 0 bridgehead atoms. The number of para-hydroxylation sites is 1. The number of carbonyl (C=O) groups is 1. The van der Waals surface area contributed by atoms with Gasteiger partial charge in [0.25, 0.3) is 0 Å².